The quantitative estimate of drug-likeness (QED) is 0.614. The predicted molar refractivity (Wildman–Crippen MR) is 117 cm³/mol. The maximum atomic E-state index is 12.9. The molecule has 1 atom stereocenters. The molecule has 1 amide bonds. The minimum Gasteiger partial charge on any atom is -0.454 e. The summed E-state index contributed by atoms with van der Waals surface area (Å²) in [5.74, 6) is 2.25. The topological polar surface area (TPSA) is 87.8 Å². The number of ether oxygens (including phenoxy) is 3. The Balaban J connectivity index is 1.30. The molecule has 9 nitrogen and oxygen atoms in total. The van der Waals surface area contributed by atoms with Gasteiger partial charge in [-0.1, -0.05) is 6.07 Å². The first-order chi connectivity index (χ1) is 15.6. The van der Waals surface area contributed by atoms with Crippen molar-refractivity contribution in [3.8, 4) is 11.5 Å². The number of piperidine rings is 1. The van der Waals surface area contributed by atoms with E-state index in [0.717, 1.165) is 42.8 Å². The number of aromatic nitrogens is 3. The van der Waals surface area contributed by atoms with Crippen LogP contribution in [0, 0.1) is 0 Å². The van der Waals surface area contributed by atoms with Crippen LogP contribution in [0.25, 0.3) is 6.08 Å². The standard InChI is InChI=1S/C23H28N4O5/c1-30-12-11-26-23(29)27(18-6-7-18)22(24-26)17-3-2-10-25(14-17)21(28)9-5-16-4-8-19-20(13-16)32-15-31-19/h4-5,8-9,13,17-18H,2-3,6-7,10-12,14-15H2,1H3/b9-5+. The summed E-state index contributed by atoms with van der Waals surface area (Å²) in [6.07, 6.45) is 7.23. The van der Waals surface area contributed by atoms with Gasteiger partial charge in [0.1, 0.15) is 5.82 Å². The molecule has 1 aromatic carbocycles. The fourth-order valence-electron chi connectivity index (χ4n) is 4.39. The Labute approximate surface area is 186 Å². The number of rotatable bonds is 7. The van der Waals surface area contributed by atoms with E-state index in [1.54, 1.807) is 19.3 Å². The summed E-state index contributed by atoms with van der Waals surface area (Å²) in [4.78, 5) is 27.6. The van der Waals surface area contributed by atoms with Crippen molar-refractivity contribution in [3.05, 3.63) is 46.1 Å². The second-order valence-electron chi connectivity index (χ2n) is 8.53. The zero-order valence-corrected chi connectivity index (χ0v) is 18.2. The lowest BCUT2D eigenvalue weighted by Gasteiger charge is -2.31. The molecule has 1 aliphatic carbocycles. The van der Waals surface area contributed by atoms with Crippen LogP contribution in [0.15, 0.2) is 29.1 Å². The van der Waals surface area contributed by atoms with E-state index < -0.39 is 0 Å². The number of carbonyl (C=O) groups is 1. The SMILES string of the molecule is COCCn1nc(C2CCCN(C(=O)/C=C/c3ccc4c(c3)OCO4)C2)n(C2CC2)c1=O. The van der Waals surface area contributed by atoms with Crippen molar-refractivity contribution < 1.29 is 19.0 Å². The molecule has 0 N–H and O–H groups in total. The number of methoxy groups -OCH3 is 1. The van der Waals surface area contributed by atoms with Crippen LogP contribution in [-0.2, 0) is 16.1 Å². The molecule has 0 spiro atoms. The number of nitrogens with zero attached hydrogens (tertiary/aromatic N) is 4. The second kappa shape index (κ2) is 8.82. The largest absolute Gasteiger partial charge is 0.454 e. The summed E-state index contributed by atoms with van der Waals surface area (Å²) >= 11 is 0. The van der Waals surface area contributed by atoms with E-state index in [-0.39, 0.29) is 30.3 Å². The van der Waals surface area contributed by atoms with Gasteiger partial charge in [0.05, 0.1) is 13.2 Å². The lowest BCUT2D eigenvalue weighted by molar-refractivity contribution is -0.127. The highest BCUT2D eigenvalue weighted by Crippen LogP contribution is 2.37. The molecule has 0 bridgehead atoms. The van der Waals surface area contributed by atoms with Gasteiger partial charge in [0, 0.05) is 38.2 Å². The van der Waals surface area contributed by atoms with Crippen LogP contribution in [0.3, 0.4) is 0 Å². The number of carbonyl (C=O) groups excluding carboxylic acids is 1. The molecule has 3 aliphatic rings. The van der Waals surface area contributed by atoms with E-state index in [1.807, 2.05) is 27.7 Å². The Morgan fingerprint density at radius 1 is 1.25 bits per heavy atom. The number of fused-ring (bicyclic) bond motifs is 1. The molecular weight excluding hydrogens is 412 g/mol. The Morgan fingerprint density at radius 2 is 2.09 bits per heavy atom. The van der Waals surface area contributed by atoms with Gasteiger partial charge < -0.3 is 19.1 Å². The van der Waals surface area contributed by atoms with E-state index in [2.05, 4.69) is 5.10 Å². The molecule has 2 aromatic rings. The van der Waals surface area contributed by atoms with Gasteiger partial charge in [0.2, 0.25) is 12.7 Å². The number of amides is 1. The lowest BCUT2D eigenvalue weighted by atomic mass is 9.97. The van der Waals surface area contributed by atoms with Crippen molar-refractivity contribution in [3.63, 3.8) is 0 Å². The van der Waals surface area contributed by atoms with E-state index >= 15 is 0 Å². The highest BCUT2D eigenvalue weighted by molar-refractivity contribution is 5.92. The molecule has 2 fully saturated rings. The van der Waals surface area contributed by atoms with Crippen LogP contribution >= 0.6 is 0 Å². The molecule has 1 saturated carbocycles. The van der Waals surface area contributed by atoms with Crippen LogP contribution in [0.2, 0.25) is 0 Å². The molecule has 2 aliphatic heterocycles. The van der Waals surface area contributed by atoms with Crippen LogP contribution in [0.4, 0.5) is 0 Å². The van der Waals surface area contributed by atoms with Gasteiger partial charge in [-0.3, -0.25) is 9.36 Å². The number of benzene rings is 1. The maximum Gasteiger partial charge on any atom is 0.346 e. The Bertz CT molecular complexity index is 1080. The minimum absolute atomic E-state index is 0.0356. The fourth-order valence-corrected chi connectivity index (χ4v) is 4.39. The third-order valence-corrected chi connectivity index (χ3v) is 6.23. The summed E-state index contributed by atoms with van der Waals surface area (Å²) in [5.41, 5.74) is 0.821. The van der Waals surface area contributed by atoms with Crippen molar-refractivity contribution in [2.45, 2.75) is 44.2 Å². The number of likely N-dealkylation sites (tertiary alicyclic amines) is 1. The Hall–Kier alpha value is -3.07. The molecule has 5 rings (SSSR count). The predicted octanol–water partition coefficient (Wildman–Crippen LogP) is 2.17. The molecule has 1 unspecified atom stereocenters. The van der Waals surface area contributed by atoms with E-state index in [9.17, 15) is 9.59 Å². The van der Waals surface area contributed by atoms with Crippen LogP contribution in [0.1, 0.15) is 49.0 Å². The van der Waals surface area contributed by atoms with Gasteiger partial charge in [-0.05, 0) is 49.5 Å². The molecule has 1 saturated heterocycles. The molecule has 32 heavy (non-hydrogen) atoms. The number of hydrogen-bond acceptors (Lipinski definition) is 6. The van der Waals surface area contributed by atoms with Gasteiger partial charge in [-0.25, -0.2) is 9.48 Å². The maximum absolute atomic E-state index is 12.9. The summed E-state index contributed by atoms with van der Waals surface area (Å²) in [7, 11) is 1.62. The zero-order chi connectivity index (χ0) is 22.1. The first-order valence-electron chi connectivity index (χ1n) is 11.2. The van der Waals surface area contributed by atoms with Gasteiger partial charge in [-0.15, -0.1) is 0 Å². The Morgan fingerprint density at radius 3 is 2.91 bits per heavy atom. The first-order valence-corrected chi connectivity index (χ1v) is 11.2. The fraction of sp³-hybridized carbons (Fsp3) is 0.522. The molecule has 170 valence electrons. The van der Waals surface area contributed by atoms with Gasteiger partial charge >= 0.3 is 5.69 Å². The van der Waals surface area contributed by atoms with Crippen LogP contribution < -0.4 is 15.2 Å². The van der Waals surface area contributed by atoms with Crippen LogP contribution in [-0.4, -0.2) is 58.8 Å². The summed E-state index contributed by atoms with van der Waals surface area (Å²) in [5, 5.41) is 4.66. The van der Waals surface area contributed by atoms with Crippen LogP contribution in [0.5, 0.6) is 11.5 Å². The molecule has 1 aromatic heterocycles. The minimum atomic E-state index is -0.0642. The van der Waals surface area contributed by atoms with Crippen molar-refractivity contribution in [1.82, 2.24) is 19.2 Å². The third kappa shape index (κ3) is 4.17. The molecule has 0 radical (unpaired) electrons. The number of hydrogen-bond donors (Lipinski definition) is 0. The smallest absolute Gasteiger partial charge is 0.346 e. The third-order valence-electron chi connectivity index (χ3n) is 6.23. The van der Waals surface area contributed by atoms with Crippen molar-refractivity contribution in [2.75, 3.05) is 33.6 Å². The van der Waals surface area contributed by atoms with E-state index in [4.69, 9.17) is 14.2 Å². The highest BCUT2D eigenvalue weighted by Gasteiger charge is 2.35. The van der Waals surface area contributed by atoms with Gasteiger partial charge in [0.15, 0.2) is 11.5 Å². The first kappa shape index (κ1) is 20.8. The molecule has 9 heteroatoms. The average Bonchev–Trinajstić information content (AvgIpc) is 3.44. The summed E-state index contributed by atoms with van der Waals surface area (Å²) in [6, 6.07) is 5.86. The average molecular weight is 441 g/mol. The van der Waals surface area contributed by atoms with Crippen molar-refractivity contribution in [1.29, 1.82) is 0 Å². The molecule has 3 heterocycles. The van der Waals surface area contributed by atoms with Gasteiger partial charge in [-0.2, -0.15) is 5.10 Å². The zero-order valence-electron chi connectivity index (χ0n) is 18.2. The molecular formula is C23H28N4O5. The summed E-state index contributed by atoms with van der Waals surface area (Å²) < 4.78 is 19.2. The Kier molecular flexibility index (Phi) is 5.73. The van der Waals surface area contributed by atoms with E-state index in [1.165, 1.54) is 4.68 Å². The van der Waals surface area contributed by atoms with Crippen molar-refractivity contribution in [2.24, 2.45) is 0 Å². The normalized spacial score (nSPS) is 20.3. The van der Waals surface area contributed by atoms with Crippen molar-refractivity contribution >= 4 is 12.0 Å². The van der Waals surface area contributed by atoms with E-state index in [0.29, 0.717) is 32.0 Å². The monoisotopic (exact) mass is 440 g/mol. The van der Waals surface area contributed by atoms with Gasteiger partial charge in [0.25, 0.3) is 0 Å². The lowest BCUT2D eigenvalue weighted by Crippen LogP contribution is -2.39. The summed E-state index contributed by atoms with van der Waals surface area (Å²) in [6.45, 7) is 2.39. The highest BCUT2D eigenvalue weighted by atomic mass is 16.7. The second-order valence-corrected chi connectivity index (χ2v) is 8.53.